The van der Waals surface area contributed by atoms with E-state index < -0.39 is 5.41 Å². The molecule has 1 spiro atoms. The molecule has 0 N–H and O–H groups in total. The maximum Gasteiger partial charge on any atom is 0.0726 e. The highest BCUT2D eigenvalue weighted by Crippen LogP contribution is 2.64. The first kappa shape index (κ1) is 42.5. The second kappa shape index (κ2) is 16.5. The third kappa shape index (κ3) is 5.99. The van der Waals surface area contributed by atoms with Crippen molar-refractivity contribution < 1.29 is 0 Å². The van der Waals surface area contributed by atoms with E-state index in [4.69, 9.17) is 0 Å². The Hall–Kier alpha value is -9.96. The molecule has 16 rings (SSSR count). The summed E-state index contributed by atoms with van der Waals surface area (Å²) in [4.78, 5) is 2.49. The van der Waals surface area contributed by atoms with Crippen LogP contribution in [0.25, 0.3) is 99.5 Å². The van der Waals surface area contributed by atoms with Crippen molar-refractivity contribution in [1.82, 2.24) is 9.13 Å². The summed E-state index contributed by atoms with van der Waals surface area (Å²) < 4.78 is 4.80. The Balaban J connectivity index is 0.885. The maximum atomic E-state index is 2.49. The zero-order valence-corrected chi connectivity index (χ0v) is 41.5. The van der Waals surface area contributed by atoms with E-state index in [0.717, 1.165) is 34.0 Å². The van der Waals surface area contributed by atoms with E-state index in [1.807, 2.05) is 0 Å². The molecule has 0 unspecified atom stereocenters. The summed E-state index contributed by atoms with van der Waals surface area (Å²) in [6.45, 7) is 0. The lowest BCUT2D eigenvalue weighted by molar-refractivity contribution is 0.794. The van der Waals surface area contributed by atoms with Crippen molar-refractivity contribution in [3.05, 3.63) is 307 Å². The molecule has 3 nitrogen and oxygen atoms in total. The van der Waals surface area contributed by atoms with Crippen LogP contribution in [-0.4, -0.2) is 9.13 Å². The van der Waals surface area contributed by atoms with Gasteiger partial charge in [0.2, 0.25) is 0 Å². The molecule has 0 saturated heterocycles. The molecular weight excluding hydrogens is 919 g/mol. The van der Waals surface area contributed by atoms with Crippen LogP contribution < -0.4 is 4.90 Å². The minimum atomic E-state index is -0.465. The van der Waals surface area contributed by atoms with Gasteiger partial charge in [-0.05, 0) is 140 Å². The highest BCUT2D eigenvalue weighted by molar-refractivity contribution is 6.16. The maximum absolute atomic E-state index is 2.49. The van der Waals surface area contributed by atoms with Crippen LogP contribution in [-0.2, 0) is 5.41 Å². The molecule has 0 atom stereocenters. The number of anilines is 3. The molecule has 14 aromatic rings. The van der Waals surface area contributed by atoms with Gasteiger partial charge in [-0.3, -0.25) is 0 Å². The Labute approximate surface area is 441 Å². The average Bonchev–Trinajstić information content (AvgIpc) is 4.37. The van der Waals surface area contributed by atoms with Gasteiger partial charge < -0.3 is 14.0 Å². The fourth-order valence-corrected chi connectivity index (χ4v) is 13.5. The van der Waals surface area contributed by atoms with Gasteiger partial charge in [0.15, 0.2) is 0 Å². The number of fused-ring (bicyclic) bond motifs is 16. The summed E-state index contributed by atoms with van der Waals surface area (Å²) in [7, 11) is 0. The van der Waals surface area contributed by atoms with Crippen LogP contribution in [0.4, 0.5) is 17.1 Å². The van der Waals surface area contributed by atoms with E-state index in [2.05, 4.69) is 299 Å². The molecular formula is C73H47N3. The molecule has 0 radical (unpaired) electrons. The first-order valence-electron chi connectivity index (χ1n) is 26.3. The van der Waals surface area contributed by atoms with Gasteiger partial charge in [0.1, 0.15) is 0 Å². The molecule has 76 heavy (non-hydrogen) atoms. The molecule has 0 fully saturated rings. The van der Waals surface area contributed by atoms with E-state index in [1.54, 1.807) is 0 Å². The molecule has 0 aliphatic heterocycles. The van der Waals surface area contributed by atoms with Gasteiger partial charge >= 0.3 is 0 Å². The summed E-state index contributed by atoms with van der Waals surface area (Å²) in [5.41, 5.74) is 25.1. The minimum absolute atomic E-state index is 0.465. The van der Waals surface area contributed by atoms with Gasteiger partial charge in [0.25, 0.3) is 0 Å². The van der Waals surface area contributed by atoms with Crippen molar-refractivity contribution in [3.63, 3.8) is 0 Å². The van der Waals surface area contributed by atoms with E-state index in [1.165, 1.54) is 105 Å². The van der Waals surface area contributed by atoms with Gasteiger partial charge in [-0.15, -0.1) is 0 Å². The van der Waals surface area contributed by atoms with E-state index >= 15 is 0 Å². The number of benzene rings is 12. The van der Waals surface area contributed by atoms with Crippen molar-refractivity contribution in [2.24, 2.45) is 0 Å². The fourth-order valence-electron chi connectivity index (χ4n) is 13.5. The third-order valence-electron chi connectivity index (χ3n) is 16.5. The van der Waals surface area contributed by atoms with Gasteiger partial charge in [0.05, 0.1) is 33.2 Å². The lowest BCUT2D eigenvalue weighted by atomic mass is 9.70. The molecule has 3 heteroatoms. The predicted octanol–water partition coefficient (Wildman–Crippen LogP) is 19.0. The monoisotopic (exact) mass is 965 g/mol. The van der Waals surface area contributed by atoms with Crippen molar-refractivity contribution in [2.75, 3.05) is 4.90 Å². The predicted molar refractivity (Wildman–Crippen MR) is 317 cm³/mol. The summed E-state index contributed by atoms with van der Waals surface area (Å²) in [5, 5.41) is 5.00. The molecule has 2 aliphatic rings. The van der Waals surface area contributed by atoms with Crippen LogP contribution in [0.3, 0.4) is 0 Å². The number of nitrogens with zero attached hydrogens (tertiary/aromatic N) is 3. The SMILES string of the molecule is c1ccc(-n2c3ccccc3c3ccc(-c4ccc(N(c5ccc(-c6cccc7c6c6ccccc6n7-c6ccccc6)cc5)c5cccc6c5-c5ccccc5C65c6ccccc6-c6ccccc65)cc4)cc32)cc1. The van der Waals surface area contributed by atoms with Crippen molar-refractivity contribution in [2.45, 2.75) is 5.41 Å². The number of aromatic nitrogens is 2. The topological polar surface area (TPSA) is 13.1 Å². The zero-order chi connectivity index (χ0) is 49.9. The first-order chi connectivity index (χ1) is 37.7. The van der Waals surface area contributed by atoms with Crippen LogP contribution in [0.1, 0.15) is 22.3 Å². The van der Waals surface area contributed by atoms with Crippen LogP contribution >= 0.6 is 0 Å². The van der Waals surface area contributed by atoms with Gasteiger partial charge in [0, 0.05) is 49.9 Å². The quantitative estimate of drug-likeness (QED) is 0.155. The van der Waals surface area contributed by atoms with Crippen molar-refractivity contribution in [3.8, 4) is 55.9 Å². The van der Waals surface area contributed by atoms with E-state index in [9.17, 15) is 0 Å². The van der Waals surface area contributed by atoms with Crippen molar-refractivity contribution >= 4 is 60.7 Å². The van der Waals surface area contributed by atoms with Crippen LogP contribution in [0.5, 0.6) is 0 Å². The molecule has 354 valence electrons. The number of para-hydroxylation sites is 4. The first-order valence-corrected chi connectivity index (χ1v) is 26.3. The Bertz CT molecular complexity index is 4570. The molecule has 0 saturated carbocycles. The largest absolute Gasteiger partial charge is 0.310 e. The number of rotatable bonds is 7. The lowest BCUT2D eigenvalue weighted by Gasteiger charge is -2.32. The summed E-state index contributed by atoms with van der Waals surface area (Å²) in [6, 6.07) is 106. The molecule has 2 aliphatic carbocycles. The number of hydrogen-bond donors (Lipinski definition) is 0. The molecule has 0 bridgehead atoms. The molecule has 0 amide bonds. The Morgan fingerprint density at radius 1 is 0.276 bits per heavy atom. The Morgan fingerprint density at radius 3 is 1.38 bits per heavy atom. The lowest BCUT2D eigenvalue weighted by Crippen LogP contribution is -2.26. The average molecular weight is 966 g/mol. The highest BCUT2D eigenvalue weighted by Gasteiger charge is 2.52. The Kier molecular flexibility index (Phi) is 9.25. The van der Waals surface area contributed by atoms with Gasteiger partial charge in [-0.25, -0.2) is 0 Å². The third-order valence-corrected chi connectivity index (χ3v) is 16.5. The van der Waals surface area contributed by atoms with Crippen molar-refractivity contribution in [1.29, 1.82) is 0 Å². The van der Waals surface area contributed by atoms with E-state index in [-0.39, 0.29) is 0 Å². The zero-order valence-electron chi connectivity index (χ0n) is 41.5. The van der Waals surface area contributed by atoms with E-state index in [0.29, 0.717) is 0 Å². The summed E-state index contributed by atoms with van der Waals surface area (Å²) >= 11 is 0. The Morgan fingerprint density at radius 2 is 0.724 bits per heavy atom. The van der Waals surface area contributed by atoms with Crippen LogP contribution in [0.2, 0.25) is 0 Å². The second-order valence-corrected chi connectivity index (χ2v) is 20.3. The van der Waals surface area contributed by atoms with Gasteiger partial charge in [-0.1, -0.05) is 206 Å². The second-order valence-electron chi connectivity index (χ2n) is 20.3. The molecule has 2 heterocycles. The summed E-state index contributed by atoms with van der Waals surface area (Å²) in [6.07, 6.45) is 0. The summed E-state index contributed by atoms with van der Waals surface area (Å²) in [5.74, 6) is 0. The normalized spacial score (nSPS) is 12.8. The van der Waals surface area contributed by atoms with Gasteiger partial charge in [-0.2, -0.15) is 0 Å². The van der Waals surface area contributed by atoms with Crippen LogP contribution in [0.15, 0.2) is 285 Å². The standard InChI is InChI=1S/C73H47N3/c1-3-19-51(20-4-1)75-67-34-16-11-27-61(67)71-55(28-17-35-68(71)75)49-39-44-54(45-40-49)74(53-42-37-48(38-43-53)50-41-46-59-58-25-10-15-33-66(58)76(70(59)47-50)52-21-5-2-6-22-52)69-36-18-32-65-72(69)60-26-9-14-31-64(60)73(65)62-29-12-7-23-56(62)57-24-8-13-30-63(57)73/h1-47H. The molecule has 2 aromatic heterocycles. The fraction of sp³-hybridized carbons (Fsp3) is 0.0137. The van der Waals surface area contributed by atoms with Crippen LogP contribution in [0, 0.1) is 0 Å². The molecule has 12 aromatic carbocycles. The number of hydrogen-bond acceptors (Lipinski definition) is 1. The minimum Gasteiger partial charge on any atom is -0.310 e. The smallest absolute Gasteiger partial charge is 0.0726 e. The highest BCUT2D eigenvalue weighted by atomic mass is 15.1.